The van der Waals surface area contributed by atoms with Crippen LogP contribution in [0.25, 0.3) is 0 Å². The molecule has 0 amide bonds. The lowest BCUT2D eigenvalue weighted by atomic mass is 10.2. The van der Waals surface area contributed by atoms with Crippen molar-refractivity contribution >= 4 is 10.0 Å². The lowest BCUT2D eigenvalue weighted by Gasteiger charge is -2.22. The molecule has 1 heterocycles. The summed E-state index contributed by atoms with van der Waals surface area (Å²) < 4.78 is 26.2. The Kier molecular flexibility index (Phi) is 4.01. The third-order valence-electron chi connectivity index (χ3n) is 3.30. The molecule has 1 atom stereocenters. The maximum atomic E-state index is 12.4. The summed E-state index contributed by atoms with van der Waals surface area (Å²) in [6.45, 7) is 0.746. The van der Waals surface area contributed by atoms with Gasteiger partial charge in [-0.2, -0.15) is 4.31 Å². The Morgan fingerprint density at radius 2 is 2.00 bits per heavy atom. The first kappa shape index (κ1) is 13.5. The van der Waals surface area contributed by atoms with E-state index in [-0.39, 0.29) is 17.5 Å². The summed E-state index contributed by atoms with van der Waals surface area (Å²) in [6, 6.07) is 6.30. The van der Waals surface area contributed by atoms with Crippen LogP contribution in [0, 0.1) is 0 Å². The molecule has 1 saturated heterocycles. The molecule has 1 fully saturated rings. The van der Waals surface area contributed by atoms with Gasteiger partial charge in [-0.15, -0.1) is 0 Å². The normalized spacial score (nSPS) is 21.3. The van der Waals surface area contributed by atoms with Gasteiger partial charge in [0.25, 0.3) is 0 Å². The third kappa shape index (κ3) is 2.42. The number of benzene rings is 1. The van der Waals surface area contributed by atoms with Crippen LogP contribution in [0.2, 0.25) is 0 Å². The van der Waals surface area contributed by atoms with Crippen molar-refractivity contribution < 1.29 is 13.5 Å². The lowest BCUT2D eigenvalue weighted by molar-refractivity contribution is 0.213. The van der Waals surface area contributed by atoms with Gasteiger partial charge < -0.3 is 10.8 Å². The van der Waals surface area contributed by atoms with Crippen molar-refractivity contribution in [1.82, 2.24) is 4.31 Å². The molecule has 1 unspecified atom stereocenters. The van der Waals surface area contributed by atoms with E-state index in [4.69, 9.17) is 5.73 Å². The van der Waals surface area contributed by atoms with E-state index in [2.05, 4.69) is 0 Å². The van der Waals surface area contributed by atoms with Gasteiger partial charge in [-0.1, -0.05) is 12.1 Å². The van der Waals surface area contributed by atoms with E-state index in [0.29, 0.717) is 13.1 Å². The number of hydrogen-bond acceptors (Lipinski definition) is 4. The molecule has 0 spiro atoms. The van der Waals surface area contributed by atoms with E-state index in [9.17, 15) is 13.5 Å². The summed E-state index contributed by atoms with van der Waals surface area (Å²) in [5.41, 5.74) is 6.38. The molecule has 0 aliphatic carbocycles. The van der Waals surface area contributed by atoms with Gasteiger partial charge in [0.15, 0.2) is 0 Å². The Balaban J connectivity index is 2.29. The molecule has 18 heavy (non-hydrogen) atoms. The van der Waals surface area contributed by atoms with E-state index in [1.807, 2.05) is 0 Å². The number of sulfonamides is 1. The van der Waals surface area contributed by atoms with E-state index in [0.717, 1.165) is 18.4 Å². The molecular formula is C12H18N2O3S. The number of aliphatic hydroxyl groups excluding tert-OH is 1. The molecular weight excluding hydrogens is 252 g/mol. The zero-order valence-corrected chi connectivity index (χ0v) is 10.9. The van der Waals surface area contributed by atoms with Crippen LogP contribution in [0.4, 0.5) is 0 Å². The Bertz CT molecular complexity index is 499. The Hall–Kier alpha value is -0.950. The summed E-state index contributed by atoms with van der Waals surface area (Å²) in [5, 5.41) is 9.21. The average molecular weight is 270 g/mol. The van der Waals surface area contributed by atoms with Gasteiger partial charge >= 0.3 is 0 Å². The van der Waals surface area contributed by atoms with Crippen LogP contribution in [0.3, 0.4) is 0 Å². The van der Waals surface area contributed by atoms with Crippen LogP contribution in [0.1, 0.15) is 18.4 Å². The number of rotatable bonds is 4. The minimum atomic E-state index is -3.49. The second-order valence-electron chi connectivity index (χ2n) is 4.44. The molecule has 0 aromatic heterocycles. The van der Waals surface area contributed by atoms with E-state index in [1.54, 1.807) is 24.3 Å². The first-order valence-electron chi connectivity index (χ1n) is 6.01. The van der Waals surface area contributed by atoms with Crippen molar-refractivity contribution in [2.45, 2.75) is 30.3 Å². The monoisotopic (exact) mass is 270 g/mol. The van der Waals surface area contributed by atoms with Crippen LogP contribution in [-0.2, 0) is 16.6 Å². The van der Waals surface area contributed by atoms with Crippen LogP contribution in [0.5, 0.6) is 0 Å². The highest BCUT2D eigenvalue weighted by Crippen LogP contribution is 2.25. The Morgan fingerprint density at radius 1 is 1.33 bits per heavy atom. The first-order chi connectivity index (χ1) is 8.59. The molecule has 0 radical (unpaired) electrons. The first-order valence-corrected chi connectivity index (χ1v) is 7.45. The maximum Gasteiger partial charge on any atom is 0.243 e. The highest BCUT2D eigenvalue weighted by atomic mass is 32.2. The van der Waals surface area contributed by atoms with Crippen LogP contribution in [0.15, 0.2) is 29.2 Å². The third-order valence-corrected chi connectivity index (χ3v) is 5.27. The molecule has 5 nitrogen and oxygen atoms in total. The fourth-order valence-corrected chi connectivity index (χ4v) is 3.93. The van der Waals surface area contributed by atoms with Crippen molar-refractivity contribution in [3.05, 3.63) is 29.8 Å². The second kappa shape index (κ2) is 5.36. The summed E-state index contributed by atoms with van der Waals surface area (Å²) in [5.74, 6) is 0. The predicted octanol–water partition coefficient (Wildman–Crippen LogP) is 0.291. The fraction of sp³-hybridized carbons (Fsp3) is 0.500. The molecule has 3 N–H and O–H groups in total. The van der Waals surface area contributed by atoms with Gasteiger partial charge in [0, 0.05) is 19.1 Å². The molecule has 1 aromatic carbocycles. The van der Waals surface area contributed by atoms with Crippen LogP contribution >= 0.6 is 0 Å². The largest absolute Gasteiger partial charge is 0.395 e. The highest BCUT2D eigenvalue weighted by molar-refractivity contribution is 7.89. The molecule has 1 aliphatic rings. The molecule has 2 rings (SSSR count). The molecule has 6 heteroatoms. The molecule has 1 aromatic rings. The van der Waals surface area contributed by atoms with Crippen molar-refractivity contribution in [2.24, 2.45) is 5.73 Å². The van der Waals surface area contributed by atoms with E-state index >= 15 is 0 Å². The van der Waals surface area contributed by atoms with Crippen molar-refractivity contribution in [3.8, 4) is 0 Å². The lowest BCUT2D eigenvalue weighted by Crippen LogP contribution is -2.37. The van der Waals surface area contributed by atoms with Gasteiger partial charge in [-0.05, 0) is 30.5 Å². The maximum absolute atomic E-state index is 12.4. The summed E-state index contributed by atoms with van der Waals surface area (Å²) in [6.07, 6.45) is 1.52. The second-order valence-corrected chi connectivity index (χ2v) is 6.33. The minimum Gasteiger partial charge on any atom is -0.395 e. The summed E-state index contributed by atoms with van der Waals surface area (Å²) in [4.78, 5) is 0.264. The molecule has 0 saturated carbocycles. The smallest absolute Gasteiger partial charge is 0.243 e. The zero-order valence-electron chi connectivity index (χ0n) is 10.1. The Morgan fingerprint density at radius 3 is 2.56 bits per heavy atom. The van der Waals surface area contributed by atoms with E-state index in [1.165, 1.54) is 4.31 Å². The number of aliphatic hydroxyl groups is 1. The molecule has 1 aliphatic heterocycles. The van der Waals surface area contributed by atoms with Crippen molar-refractivity contribution in [1.29, 1.82) is 0 Å². The van der Waals surface area contributed by atoms with Gasteiger partial charge in [0.1, 0.15) is 0 Å². The SMILES string of the molecule is NCc1ccc(S(=O)(=O)N2CCCC2CO)cc1. The molecule has 0 bridgehead atoms. The van der Waals surface area contributed by atoms with Gasteiger partial charge in [0.05, 0.1) is 11.5 Å². The van der Waals surface area contributed by atoms with Gasteiger partial charge in [-0.3, -0.25) is 0 Å². The number of nitrogens with two attached hydrogens (primary N) is 1. The molecule has 100 valence electrons. The summed E-state index contributed by atoms with van der Waals surface area (Å²) >= 11 is 0. The van der Waals surface area contributed by atoms with E-state index < -0.39 is 10.0 Å². The summed E-state index contributed by atoms with van der Waals surface area (Å²) in [7, 11) is -3.49. The Labute approximate surface area is 107 Å². The average Bonchev–Trinajstić information content (AvgIpc) is 2.88. The minimum absolute atomic E-state index is 0.125. The predicted molar refractivity (Wildman–Crippen MR) is 68.3 cm³/mol. The van der Waals surface area contributed by atoms with Crippen molar-refractivity contribution in [2.75, 3.05) is 13.2 Å². The van der Waals surface area contributed by atoms with Crippen LogP contribution < -0.4 is 5.73 Å². The standard InChI is InChI=1S/C12H18N2O3S/c13-8-10-3-5-12(6-4-10)18(16,17)14-7-1-2-11(14)9-15/h3-6,11,15H,1-2,7-9,13H2. The van der Waals surface area contributed by atoms with Crippen molar-refractivity contribution in [3.63, 3.8) is 0 Å². The van der Waals surface area contributed by atoms with Crippen LogP contribution in [-0.4, -0.2) is 37.0 Å². The quantitative estimate of drug-likeness (QED) is 0.823. The zero-order chi connectivity index (χ0) is 13.2. The van der Waals surface area contributed by atoms with Gasteiger partial charge in [-0.25, -0.2) is 8.42 Å². The highest BCUT2D eigenvalue weighted by Gasteiger charge is 2.34. The fourth-order valence-electron chi connectivity index (χ4n) is 2.24. The topological polar surface area (TPSA) is 83.6 Å². The number of hydrogen-bond donors (Lipinski definition) is 2. The van der Waals surface area contributed by atoms with Gasteiger partial charge in [0.2, 0.25) is 10.0 Å². The number of nitrogens with zero attached hydrogens (tertiary/aromatic N) is 1.